The Morgan fingerprint density at radius 3 is 2.71 bits per heavy atom. The minimum Gasteiger partial charge on any atom is -0.487 e. The van der Waals surface area contributed by atoms with E-state index in [2.05, 4.69) is 28.0 Å². The van der Waals surface area contributed by atoms with E-state index in [0.29, 0.717) is 6.61 Å². The summed E-state index contributed by atoms with van der Waals surface area (Å²) in [4.78, 5) is 0. The van der Waals surface area contributed by atoms with Gasteiger partial charge in [-0.05, 0) is 47.8 Å². The molecule has 1 aromatic carbocycles. The van der Waals surface area contributed by atoms with E-state index in [0.717, 1.165) is 39.2 Å². The SMILES string of the molecule is CCc1nn(C)c(COc2cc(C)ccc2[C@H](C)O)c1Br. The van der Waals surface area contributed by atoms with Gasteiger partial charge in [-0.2, -0.15) is 5.10 Å². The second-order valence-corrected chi connectivity index (χ2v) is 5.98. The molecule has 0 aliphatic heterocycles. The number of ether oxygens (including phenoxy) is 1. The van der Waals surface area contributed by atoms with Crippen LogP contribution in [0.25, 0.3) is 0 Å². The standard InChI is InChI=1S/C16H21BrN2O2/c1-5-13-16(17)14(19(4)18-13)9-21-15-8-10(2)6-7-12(15)11(3)20/h6-8,11,20H,5,9H2,1-4H3/t11-/m0/s1. The van der Waals surface area contributed by atoms with Gasteiger partial charge in [-0.15, -0.1) is 0 Å². The van der Waals surface area contributed by atoms with Crippen molar-refractivity contribution in [2.24, 2.45) is 7.05 Å². The molecule has 2 aromatic rings. The van der Waals surface area contributed by atoms with Gasteiger partial charge in [-0.1, -0.05) is 19.1 Å². The second-order valence-electron chi connectivity index (χ2n) is 5.19. The molecular formula is C16H21BrN2O2. The second kappa shape index (κ2) is 6.62. The lowest BCUT2D eigenvalue weighted by atomic mass is 10.1. The molecule has 0 saturated heterocycles. The summed E-state index contributed by atoms with van der Waals surface area (Å²) < 4.78 is 8.77. The van der Waals surface area contributed by atoms with Crippen LogP contribution >= 0.6 is 15.9 Å². The fraction of sp³-hybridized carbons (Fsp3) is 0.438. The van der Waals surface area contributed by atoms with Crippen molar-refractivity contribution in [2.75, 3.05) is 0 Å². The van der Waals surface area contributed by atoms with Crippen LogP contribution in [0, 0.1) is 6.92 Å². The Kier molecular flexibility index (Phi) is 5.06. The lowest BCUT2D eigenvalue weighted by molar-refractivity contribution is 0.189. The molecule has 5 heteroatoms. The molecule has 0 radical (unpaired) electrons. The summed E-state index contributed by atoms with van der Waals surface area (Å²) in [5.41, 5.74) is 3.92. The number of rotatable bonds is 5. The summed E-state index contributed by atoms with van der Waals surface area (Å²) in [5, 5.41) is 14.3. The van der Waals surface area contributed by atoms with Crippen LogP contribution in [-0.4, -0.2) is 14.9 Å². The van der Waals surface area contributed by atoms with Gasteiger partial charge in [0, 0.05) is 12.6 Å². The Hall–Kier alpha value is -1.33. The Bertz CT molecular complexity index is 635. The summed E-state index contributed by atoms with van der Waals surface area (Å²) in [6, 6.07) is 5.84. The van der Waals surface area contributed by atoms with Gasteiger partial charge >= 0.3 is 0 Å². The lowest BCUT2D eigenvalue weighted by Crippen LogP contribution is -2.06. The van der Waals surface area contributed by atoms with Crippen molar-refractivity contribution < 1.29 is 9.84 Å². The molecule has 0 aliphatic rings. The van der Waals surface area contributed by atoms with Crippen LogP contribution in [0.15, 0.2) is 22.7 Å². The Balaban J connectivity index is 2.24. The largest absolute Gasteiger partial charge is 0.487 e. The fourth-order valence-electron chi connectivity index (χ4n) is 2.23. The van der Waals surface area contributed by atoms with Crippen LogP contribution < -0.4 is 4.74 Å². The van der Waals surface area contributed by atoms with Crippen molar-refractivity contribution in [1.82, 2.24) is 9.78 Å². The summed E-state index contributed by atoms with van der Waals surface area (Å²) >= 11 is 3.59. The molecule has 2 rings (SSSR count). The average molecular weight is 353 g/mol. The summed E-state index contributed by atoms with van der Waals surface area (Å²) in [7, 11) is 1.91. The van der Waals surface area contributed by atoms with Gasteiger partial charge < -0.3 is 9.84 Å². The van der Waals surface area contributed by atoms with Crippen LogP contribution in [0.2, 0.25) is 0 Å². The molecule has 1 heterocycles. The predicted octanol–water partition coefficient (Wildman–Crippen LogP) is 3.69. The molecule has 1 aromatic heterocycles. The molecule has 1 N–H and O–H groups in total. The maximum atomic E-state index is 9.84. The third kappa shape index (κ3) is 3.47. The quantitative estimate of drug-likeness (QED) is 0.892. The molecule has 0 amide bonds. The first-order valence-corrected chi connectivity index (χ1v) is 7.85. The van der Waals surface area contributed by atoms with E-state index in [9.17, 15) is 5.11 Å². The third-order valence-electron chi connectivity index (χ3n) is 3.49. The number of aliphatic hydroxyl groups is 1. The molecule has 0 aliphatic carbocycles. The van der Waals surface area contributed by atoms with E-state index in [4.69, 9.17) is 4.74 Å². The van der Waals surface area contributed by atoms with Crippen LogP contribution in [-0.2, 0) is 20.1 Å². The molecule has 0 unspecified atom stereocenters. The van der Waals surface area contributed by atoms with Crippen molar-refractivity contribution in [3.05, 3.63) is 45.2 Å². The van der Waals surface area contributed by atoms with Gasteiger partial charge in [0.1, 0.15) is 12.4 Å². The molecule has 0 bridgehead atoms. The topological polar surface area (TPSA) is 47.3 Å². The minimum atomic E-state index is -0.554. The van der Waals surface area contributed by atoms with E-state index in [1.807, 2.05) is 36.9 Å². The Morgan fingerprint density at radius 1 is 1.43 bits per heavy atom. The third-order valence-corrected chi connectivity index (χ3v) is 4.40. The molecule has 4 nitrogen and oxygen atoms in total. The number of halogens is 1. The molecule has 1 atom stereocenters. The molecule has 0 saturated carbocycles. The van der Waals surface area contributed by atoms with E-state index in [1.165, 1.54) is 0 Å². The smallest absolute Gasteiger partial charge is 0.131 e. The van der Waals surface area contributed by atoms with Crippen molar-refractivity contribution in [3.63, 3.8) is 0 Å². The van der Waals surface area contributed by atoms with Gasteiger partial charge in [-0.25, -0.2) is 0 Å². The van der Waals surface area contributed by atoms with Crippen LogP contribution in [0.3, 0.4) is 0 Å². The number of aryl methyl sites for hydroxylation is 3. The highest BCUT2D eigenvalue weighted by Crippen LogP contribution is 2.28. The first kappa shape index (κ1) is 16.0. The van der Waals surface area contributed by atoms with Gasteiger partial charge in [0.15, 0.2) is 0 Å². The lowest BCUT2D eigenvalue weighted by Gasteiger charge is -2.14. The highest BCUT2D eigenvalue weighted by Gasteiger charge is 2.15. The highest BCUT2D eigenvalue weighted by molar-refractivity contribution is 9.10. The van der Waals surface area contributed by atoms with Crippen LogP contribution in [0.1, 0.15) is 42.5 Å². The van der Waals surface area contributed by atoms with Gasteiger partial charge in [-0.3, -0.25) is 4.68 Å². The number of aliphatic hydroxyl groups excluding tert-OH is 1. The monoisotopic (exact) mass is 352 g/mol. The van der Waals surface area contributed by atoms with E-state index in [1.54, 1.807) is 6.92 Å². The fourth-order valence-corrected chi connectivity index (χ4v) is 2.97. The van der Waals surface area contributed by atoms with Crippen molar-refractivity contribution in [2.45, 2.75) is 39.9 Å². The Labute approximate surface area is 133 Å². The van der Waals surface area contributed by atoms with E-state index in [-0.39, 0.29) is 0 Å². The summed E-state index contributed by atoms with van der Waals surface area (Å²) in [6.07, 6.45) is 0.319. The average Bonchev–Trinajstić information content (AvgIpc) is 2.71. The first-order valence-electron chi connectivity index (χ1n) is 7.05. The zero-order valence-corrected chi connectivity index (χ0v) is 14.4. The molecule has 0 fully saturated rings. The van der Waals surface area contributed by atoms with Gasteiger partial charge in [0.2, 0.25) is 0 Å². The van der Waals surface area contributed by atoms with E-state index < -0.39 is 6.10 Å². The van der Waals surface area contributed by atoms with Crippen molar-refractivity contribution >= 4 is 15.9 Å². The summed E-state index contributed by atoms with van der Waals surface area (Å²) in [5.74, 6) is 0.719. The van der Waals surface area contributed by atoms with Gasteiger partial charge in [0.25, 0.3) is 0 Å². The molecule has 0 spiro atoms. The zero-order chi connectivity index (χ0) is 15.6. The number of hydrogen-bond donors (Lipinski definition) is 1. The predicted molar refractivity (Wildman–Crippen MR) is 86.4 cm³/mol. The van der Waals surface area contributed by atoms with E-state index >= 15 is 0 Å². The summed E-state index contributed by atoms with van der Waals surface area (Å²) in [6.45, 7) is 6.23. The zero-order valence-electron chi connectivity index (χ0n) is 12.9. The maximum absolute atomic E-state index is 9.84. The Morgan fingerprint density at radius 2 is 2.14 bits per heavy atom. The number of nitrogens with zero attached hydrogens (tertiary/aromatic N) is 2. The number of hydrogen-bond acceptors (Lipinski definition) is 3. The number of aromatic nitrogens is 2. The maximum Gasteiger partial charge on any atom is 0.131 e. The minimum absolute atomic E-state index is 0.410. The van der Waals surface area contributed by atoms with Crippen LogP contribution in [0.5, 0.6) is 5.75 Å². The van der Waals surface area contributed by atoms with Crippen LogP contribution in [0.4, 0.5) is 0 Å². The highest BCUT2D eigenvalue weighted by atomic mass is 79.9. The normalized spacial score (nSPS) is 12.5. The molecule has 114 valence electrons. The van der Waals surface area contributed by atoms with Crippen molar-refractivity contribution in [1.29, 1.82) is 0 Å². The van der Waals surface area contributed by atoms with Crippen molar-refractivity contribution in [3.8, 4) is 5.75 Å². The molecular weight excluding hydrogens is 332 g/mol. The molecule has 21 heavy (non-hydrogen) atoms. The first-order chi connectivity index (χ1) is 9.93. The number of benzene rings is 1. The van der Waals surface area contributed by atoms with Gasteiger partial charge in [0.05, 0.1) is 22.0 Å².